The monoisotopic (exact) mass is 1340 g/mol. The summed E-state index contributed by atoms with van der Waals surface area (Å²) in [4.78, 5) is 12.1. The van der Waals surface area contributed by atoms with Gasteiger partial charge in [0, 0.05) is 108 Å². The van der Waals surface area contributed by atoms with Gasteiger partial charge < -0.3 is 22.8 Å². The molecule has 104 heavy (non-hydrogen) atoms. The summed E-state index contributed by atoms with van der Waals surface area (Å²) in [6.07, 6.45) is 0. The Morgan fingerprint density at radius 3 is 1.25 bits per heavy atom. The van der Waals surface area contributed by atoms with Crippen molar-refractivity contribution in [2.45, 2.75) is 0 Å². The molecule has 0 aliphatic heterocycles. The number of rotatable bonds is 7. The quantitative estimate of drug-likeness (QED) is 0.147. The number of fused-ring (bicyclic) bond motifs is 20. The molecule has 0 amide bonds. The van der Waals surface area contributed by atoms with Gasteiger partial charge in [-0.3, -0.25) is 0 Å². The van der Waals surface area contributed by atoms with Crippen LogP contribution in [0.5, 0.6) is 0 Å². The first-order valence-electron chi connectivity index (χ1n) is 34.4. The van der Waals surface area contributed by atoms with E-state index in [1.54, 1.807) is 6.07 Å². The zero-order valence-corrected chi connectivity index (χ0v) is 56.3. The molecular formula is C94H53N9S. The van der Waals surface area contributed by atoms with E-state index in [0.717, 1.165) is 127 Å². The molecule has 0 spiro atoms. The molecule has 10 heteroatoms. The molecule has 0 aliphatic carbocycles. The van der Waals surface area contributed by atoms with Gasteiger partial charge in [0.25, 0.3) is 0 Å². The lowest BCUT2D eigenvalue weighted by molar-refractivity contribution is 1.17. The van der Waals surface area contributed by atoms with Crippen LogP contribution in [0.1, 0.15) is 5.56 Å². The second-order valence-corrected chi connectivity index (χ2v) is 27.2. The average Bonchev–Trinajstić information content (AvgIpc) is 1.53. The Hall–Kier alpha value is -14.5. The largest absolute Gasteiger partial charge is 0.319 e. The van der Waals surface area contributed by atoms with Gasteiger partial charge in [-0.15, -0.1) is 11.3 Å². The Bertz CT molecular complexity index is 7300. The van der Waals surface area contributed by atoms with E-state index in [2.05, 4.69) is 310 Å². The molecule has 6 heterocycles. The molecule has 9 nitrogen and oxygen atoms in total. The average molecular weight is 1340 g/mol. The number of thiophene rings is 1. The maximum atomic E-state index is 10.3. The SMILES string of the molecule is [C-]#[N+]c1c(C#N)ccc(-n2c3ccccc3c3c4c5ccccc5n(-c5ccccc5)c4ccc32)c1-c1ccc(-n2c3ccccc3c3ccccc32)cc1.[C-]#[N+]c1cc(-c2c([N+]#[C-])cccc2-n2c3ccccc3c3c4sc5ccccc5c4ccc32)ccc1-n1c2ccccc2c2ccccc21. The molecule has 0 unspecified atom stereocenters. The Kier molecular flexibility index (Phi) is 13.5. The van der Waals surface area contributed by atoms with Crippen LogP contribution in [0.4, 0.5) is 17.1 Å². The lowest BCUT2D eigenvalue weighted by atomic mass is 9.97. The van der Waals surface area contributed by atoms with Gasteiger partial charge in [0.05, 0.1) is 92.2 Å². The van der Waals surface area contributed by atoms with Crippen molar-refractivity contribution in [2.24, 2.45) is 0 Å². The summed E-state index contributed by atoms with van der Waals surface area (Å²) in [5.41, 5.74) is 20.7. The zero-order valence-electron chi connectivity index (χ0n) is 55.5. The summed E-state index contributed by atoms with van der Waals surface area (Å²) in [5, 5.41) is 24.5. The Labute approximate surface area is 599 Å². The summed E-state index contributed by atoms with van der Waals surface area (Å²) in [7, 11) is 0. The molecule has 0 saturated heterocycles. The third-order valence-corrected chi connectivity index (χ3v) is 22.1. The first-order chi connectivity index (χ1) is 51.5. The van der Waals surface area contributed by atoms with Crippen LogP contribution in [0.3, 0.4) is 0 Å². The van der Waals surface area contributed by atoms with Gasteiger partial charge in [-0.2, -0.15) is 5.26 Å². The molecule has 6 aromatic heterocycles. The lowest BCUT2D eigenvalue weighted by Crippen LogP contribution is -1.99. The number of benzene rings is 15. The van der Waals surface area contributed by atoms with Crippen LogP contribution < -0.4 is 0 Å². The van der Waals surface area contributed by atoms with E-state index in [1.807, 2.05) is 59.9 Å². The number of aromatic nitrogens is 5. The molecule has 0 fully saturated rings. The van der Waals surface area contributed by atoms with Crippen molar-refractivity contribution in [1.82, 2.24) is 22.8 Å². The van der Waals surface area contributed by atoms with E-state index in [-0.39, 0.29) is 0 Å². The fraction of sp³-hybridized carbons (Fsp3) is 0. The number of nitriles is 1. The predicted octanol–water partition coefficient (Wildman–Crippen LogP) is 26.1. The van der Waals surface area contributed by atoms with E-state index < -0.39 is 0 Å². The molecule has 0 N–H and O–H groups in total. The highest BCUT2D eigenvalue weighted by molar-refractivity contribution is 7.26. The maximum absolute atomic E-state index is 10.3. The van der Waals surface area contributed by atoms with Crippen LogP contribution in [-0.4, -0.2) is 22.8 Å². The number of nitrogens with zero attached hydrogens (tertiary/aromatic N) is 9. The molecule has 0 atom stereocenters. The maximum Gasteiger partial charge on any atom is 0.214 e. The van der Waals surface area contributed by atoms with Crippen LogP contribution >= 0.6 is 11.3 Å². The zero-order chi connectivity index (χ0) is 69.3. The van der Waals surface area contributed by atoms with Crippen molar-refractivity contribution in [3.63, 3.8) is 0 Å². The third kappa shape index (κ3) is 8.75. The molecule has 0 bridgehead atoms. The minimum absolute atomic E-state index is 0.345. The molecule has 21 aromatic rings. The summed E-state index contributed by atoms with van der Waals surface area (Å²) in [5.74, 6) is 0. The second kappa shape index (κ2) is 23.6. The summed E-state index contributed by atoms with van der Waals surface area (Å²) < 4.78 is 13.9. The minimum atomic E-state index is 0.345. The van der Waals surface area contributed by atoms with Crippen LogP contribution in [0.2, 0.25) is 0 Å². The highest BCUT2D eigenvalue weighted by atomic mass is 32.1. The molecule has 21 rings (SSSR count). The van der Waals surface area contributed by atoms with Gasteiger partial charge in [-0.1, -0.05) is 206 Å². The molecule has 15 aromatic carbocycles. The van der Waals surface area contributed by atoms with Crippen molar-refractivity contribution in [2.75, 3.05) is 0 Å². The Morgan fingerprint density at radius 1 is 0.279 bits per heavy atom. The topological polar surface area (TPSA) is 61.5 Å². The fourth-order valence-electron chi connectivity index (χ4n) is 16.6. The van der Waals surface area contributed by atoms with E-state index in [1.165, 1.54) is 52.5 Å². The lowest BCUT2D eigenvalue weighted by Gasteiger charge is -2.17. The van der Waals surface area contributed by atoms with E-state index >= 15 is 0 Å². The second-order valence-electron chi connectivity index (χ2n) is 26.1. The smallest absolute Gasteiger partial charge is 0.214 e. The van der Waals surface area contributed by atoms with Gasteiger partial charge in [-0.05, 0) is 126 Å². The number of hydrogen-bond donors (Lipinski definition) is 0. The van der Waals surface area contributed by atoms with Crippen molar-refractivity contribution in [3.8, 4) is 56.8 Å². The van der Waals surface area contributed by atoms with Gasteiger partial charge in [0.1, 0.15) is 0 Å². The molecule has 480 valence electrons. The van der Waals surface area contributed by atoms with Gasteiger partial charge in [-0.25, -0.2) is 14.5 Å². The Balaban J connectivity index is 0.000000139. The fourth-order valence-corrected chi connectivity index (χ4v) is 17.9. The summed E-state index contributed by atoms with van der Waals surface area (Å²) in [6.45, 7) is 25.0. The van der Waals surface area contributed by atoms with E-state index in [9.17, 15) is 5.26 Å². The van der Waals surface area contributed by atoms with Gasteiger partial charge >= 0.3 is 0 Å². The van der Waals surface area contributed by atoms with Crippen LogP contribution in [0.15, 0.2) is 322 Å². The number of para-hydroxylation sites is 8. The van der Waals surface area contributed by atoms with Crippen LogP contribution in [-0.2, 0) is 0 Å². The van der Waals surface area contributed by atoms with E-state index in [4.69, 9.17) is 19.7 Å². The van der Waals surface area contributed by atoms with Gasteiger partial charge in [0.15, 0.2) is 5.69 Å². The van der Waals surface area contributed by atoms with E-state index in [0.29, 0.717) is 22.6 Å². The van der Waals surface area contributed by atoms with Crippen molar-refractivity contribution in [1.29, 1.82) is 5.26 Å². The van der Waals surface area contributed by atoms with Crippen molar-refractivity contribution in [3.05, 3.63) is 361 Å². The van der Waals surface area contributed by atoms with Gasteiger partial charge in [0.2, 0.25) is 11.4 Å². The minimum Gasteiger partial charge on any atom is -0.319 e. The third-order valence-electron chi connectivity index (χ3n) is 20.9. The van der Waals surface area contributed by atoms with Crippen LogP contribution in [0.25, 0.3) is 194 Å². The first kappa shape index (κ1) is 59.5. The summed E-state index contributed by atoms with van der Waals surface area (Å²) >= 11 is 1.83. The molecular weight excluding hydrogens is 1290 g/mol. The standard InChI is InChI=1S/C50H29N5.C44H24N4S/c1-52-50-33(31-51)25-28-44(47(50)32-23-26-35(27-24-32)53-40-19-9-5-15-36(40)37-16-6-10-20-41(37)53)55-43-22-12-8-18-39(43)49-46(55)30-29-45-48(49)38-17-7-11-21-42(38)54(45)34-13-3-2-4-14-34;1-45-33-16-11-20-39(48-37-19-9-5-15-32(37)43-40(48)25-23-31-30-14-6-10-21-41(30)49-44(31)43)42(33)27-22-24-38(34(26-27)46-2)47-35-17-7-3-12-28(35)29-13-4-8-18-36(29)47/h2-30H;3-26H. The van der Waals surface area contributed by atoms with Crippen molar-refractivity contribution < 1.29 is 0 Å². The van der Waals surface area contributed by atoms with Crippen molar-refractivity contribution >= 4 is 158 Å². The molecule has 0 aliphatic rings. The normalized spacial score (nSPS) is 11.6. The van der Waals surface area contributed by atoms with Crippen LogP contribution in [0, 0.1) is 31.0 Å². The first-order valence-corrected chi connectivity index (χ1v) is 35.2. The predicted molar refractivity (Wildman–Crippen MR) is 432 cm³/mol. The highest BCUT2D eigenvalue weighted by Crippen LogP contribution is 2.50. The molecule has 0 radical (unpaired) electrons. The highest BCUT2D eigenvalue weighted by Gasteiger charge is 2.27. The molecule has 0 saturated carbocycles. The summed E-state index contributed by atoms with van der Waals surface area (Å²) in [6, 6.07) is 114. The Morgan fingerprint density at radius 2 is 0.692 bits per heavy atom. The number of hydrogen-bond acceptors (Lipinski definition) is 2.